The molecule has 0 aliphatic heterocycles. The first-order valence-electron chi connectivity index (χ1n) is 6.81. The molecule has 0 aliphatic rings. The summed E-state index contributed by atoms with van der Waals surface area (Å²) in [5.74, 6) is 0.673. The minimum Gasteiger partial charge on any atom is -0.487 e. The van der Waals surface area contributed by atoms with Gasteiger partial charge in [-0.05, 0) is 42.8 Å². The van der Waals surface area contributed by atoms with Gasteiger partial charge in [-0.2, -0.15) is 0 Å². The molecule has 0 fully saturated rings. The van der Waals surface area contributed by atoms with Gasteiger partial charge in [0.1, 0.15) is 17.4 Å². The molecule has 0 spiro atoms. The summed E-state index contributed by atoms with van der Waals surface area (Å²) in [6.07, 6.45) is 1.86. The number of aromatic nitrogens is 1. The van der Waals surface area contributed by atoms with E-state index < -0.39 is 0 Å². The van der Waals surface area contributed by atoms with E-state index in [0.717, 1.165) is 16.1 Å². The summed E-state index contributed by atoms with van der Waals surface area (Å²) >= 11 is 7.51. The molecular weight excluding hydrogens is 316 g/mol. The standard InChI is InChI=1S/C17H15ClN2OS/c1-11-9-20-17(22-11)13-4-7-16(15(19)8-13)21-10-12-2-5-14(18)6-3-12/h2-9H,10,19H2,1H3. The molecule has 22 heavy (non-hydrogen) atoms. The number of hydrogen-bond acceptors (Lipinski definition) is 4. The van der Waals surface area contributed by atoms with Crippen molar-refractivity contribution in [3.05, 3.63) is 64.1 Å². The molecule has 3 nitrogen and oxygen atoms in total. The maximum Gasteiger partial charge on any atom is 0.142 e. The predicted molar refractivity (Wildman–Crippen MR) is 92.5 cm³/mol. The normalized spacial score (nSPS) is 10.6. The Morgan fingerprint density at radius 2 is 1.95 bits per heavy atom. The number of rotatable bonds is 4. The zero-order valence-corrected chi connectivity index (χ0v) is 13.6. The fraction of sp³-hybridized carbons (Fsp3) is 0.118. The Balaban J connectivity index is 1.73. The summed E-state index contributed by atoms with van der Waals surface area (Å²) in [6.45, 7) is 2.49. The number of hydrogen-bond donors (Lipinski definition) is 1. The van der Waals surface area contributed by atoms with Crippen LogP contribution in [0.3, 0.4) is 0 Å². The Morgan fingerprint density at radius 3 is 2.59 bits per heavy atom. The Bertz CT molecular complexity index is 784. The molecule has 0 saturated heterocycles. The van der Waals surface area contributed by atoms with Crippen LogP contribution in [-0.2, 0) is 6.61 Å². The molecule has 5 heteroatoms. The Labute approximate surface area is 138 Å². The molecule has 0 saturated carbocycles. The van der Waals surface area contributed by atoms with Crippen molar-refractivity contribution in [2.45, 2.75) is 13.5 Å². The SMILES string of the molecule is Cc1cnc(-c2ccc(OCc3ccc(Cl)cc3)c(N)c2)s1. The van der Waals surface area contributed by atoms with Crippen LogP contribution in [0.5, 0.6) is 5.75 Å². The van der Waals surface area contributed by atoms with Crippen LogP contribution < -0.4 is 10.5 Å². The molecule has 3 aromatic rings. The van der Waals surface area contributed by atoms with Crippen LogP contribution >= 0.6 is 22.9 Å². The van der Waals surface area contributed by atoms with Crippen LogP contribution in [0.2, 0.25) is 5.02 Å². The molecule has 2 N–H and O–H groups in total. The maximum atomic E-state index is 6.08. The number of aryl methyl sites for hydroxylation is 1. The number of thiazole rings is 1. The van der Waals surface area contributed by atoms with Gasteiger partial charge in [-0.3, -0.25) is 0 Å². The molecule has 1 heterocycles. The van der Waals surface area contributed by atoms with Gasteiger partial charge >= 0.3 is 0 Å². The van der Waals surface area contributed by atoms with Gasteiger partial charge in [0.05, 0.1) is 5.69 Å². The topological polar surface area (TPSA) is 48.1 Å². The number of ether oxygens (including phenoxy) is 1. The minimum atomic E-state index is 0.455. The van der Waals surface area contributed by atoms with Gasteiger partial charge in [-0.15, -0.1) is 11.3 Å². The van der Waals surface area contributed by atoms with Crippen LogP contribution in [-0.4, -0.2) is 4.98 Å². The number of nitrogens with two attached hydrogens (primary N) is 1. The molecule has 0 amide bonds. The second-order valence-electron chi connectivity index (χ2n) is 4.94. The fourth-order valence-electron chi connectivity index (χ4n) is 2.04. The lowest BCUT2D eigenvalue weighted by molar-refractivity contribution is 0.308. The van der Waals surface area contributed by atoms with Gasteiger partial charge in [-0.25, -0.2) is 4.98 Å². The zero-order chi connectivity index (χ0) is 15.5. The fourth-order valence-corrected chi connectivity index (χ4v) is 2.93. The van der Waals surface area contributed by atoms with Crippen molar-refractivity contribution in [2.75, 3.05) is 5.73 Å². The first kappa shape index (κ1) is 14.9. The third-order valence-electron chi connectivity index (χ3n) is 3.19. The van der Waals surface area contributed by atoms with Crippen molar-refractivity contribution in [3.8, 4) is 16.3 Å². The molecule has 1 aromatic heterocycles. The number of halogens is 1. The molecule has 0 aliphatic carbocycles. The lowest BCUT2D eigenvalue weighted by Crippen LogP contribution is -1.98. The van der Waals surface area contributed by atoms with E-state index in [0.29, 0.717) is 23.1 Å². The quantitative estimate of drug-likeness (QED) is 0.690. The van der Waals surface area contributed by atoms with Gasteiger partial charge < -0.3 is 10.5 Å². The molecule has 3 rings (SSSR count). The Morgan fingerprint density at radius 1 is 1.18 bits per heavy atom. The van der Waals surface area contributed by atoms with Crippen LogP contribution in [0.4, 0.5) is 5.69 Å². The summed E-state index contributed by atoms with van der Waals surface area (Å²) < 4.78 is 5.77. The minimum absolute atomic E-state index is 0.455. The number of anilines is 1. The van der Waals surface area contributed by atoms with E-state index in [9.17, 15) is 0 Å². The summed E-state index contributed by atoms with van der Waals surface area (Å²) in [5.41, 5.74) is 8.75. The zero-order valence-electron chi connectivity index (χ0n) is 12.0. The van der Waals surface area contributed by atoms with E-state index in [2.05, 4.69) is 4.98 Å². The Kier molecular flexibility index (Phi) is 4.32. The first-order valence-corrected chi connectivity index (χ1v) is 8.01. The van der Waals surface area contributed by atoms with Crippen molar-refractivity contribution < 1.29 is 4.74 Å². The highest BCUT2D eigenvalue weighted by molar-refractivity contribution is 7.14. The average molecular weight is 331 g/mol. The predicted octanol–water partition coefficient (Wildman–Crippen LogP) is 4.93. The lowest BCUT2D eigenvalue weighted by Gasteiger charge is -2.10. The summed E-state index contributed by atoms with van der Waals surface area (Å²) in [7, 11) is 0. The van der Waals surface area contributed by atoms with Crippen molar-refractivity contribution in [1.29, 1.82) is 0 Å². The van der Waals surface area contributed by atoms with E-state index in [1.54, 1.807) is 11.3 Å². The smallest absolute Gasteiger partial charge is 0.142 e. The van der Waals surface area contributed by atoms with Crippen molar-refractivity contribution in [1.82, 2.24) is 4.98 Å². The van der Waals surface area contributed by atoms with Crippen LogP contribution in [0.25, 0.3) is 10.6 Å². The largest absolute Gasteiger partial charge is 0.487 e. The van der Waals surface area contributed by atoms with Crippen molar-refractivity contribution >= 4 is 28.6 Å². The summed E-state index contributed by atoms with van der Waals surface area (Å²) in [6, 6.07) is 13.3. The first-order chi connectivity index (χ1) is 10.6. The van der Waals surface area contributed by atoms with Crippen molar-refractivity contribution in [2.24, 2.45) is 0 Å². The van der Waals surface area contributed by atoms with Crippen molar-refractivity contribution in [3.63, 3.8) is 0 Å². The number of nitrogens with zero attached hydrogens (tertiary/aromatic N) is 1. The molecule has 0 atom stereocenters. The second-order valence-corrected chi connectivity index (χ2v) is 6.62. The van der Waals surface area contributed by atoms with Gasteiger partial charge in [0.25, 0.3) is 0 Å². The van der Waals surface area contributed by atoms with Crippen LogP contribution in [0.1, 0.15) is 10.4 Å². The highest BCUT2D eigenvalue weighted by atomic mass is 35.5. The second kappa shape index (κ2) is 6.38. The number of nitrogen functional groups attached to an aromatic ring is 1. The number of benzene rings is 2. The monoisotopic (exact) mass is 330 g/mol. The molecule has 112 valence electrons. The van der Waals surface area contributed by atoms with Crippen LogP contribution in [0, 0.1) is 6.92 Å². The molecule has 0 bridgehead atoms. The summed E-state index contributed by atoms with van der Waals surface area (Å²) in [4.78, 5) is 5.55. The molecular formula is C17H15ClN2OS. The van der Waals surface area contributed by atoms with E-state index in [4.69, 9.17) is 22.1 Å². The molecule has 0 unspecified atom stereocenters. The third-order valence-corrected chi connectivity index (χ3v) is 4.40. The van der Waals surface area contributed by atoms with Gasteiger partial charge in [-0.1, -0.05) is 23.7 Å². The van der Waals surface area contributed by atoms with Crippen LogP contribution in [0.15, 0.2) is 48.7 Å². The summed E-state index contributed by atoms with van der Waals surface area (Å²) in [5, 5.41) is 1.68. The van der Waals surface area contributed by atoms with E-state index in [-0.39, 0.29) is 0 Å². The third kappa shape index (κ3) is 3.40. The van der Waals surface area contributed by atoms with E-state index >= 15 is 0 Å². The van der Waals surface area contributed by atoms with E-state index in [1.165, 1.54) is 4.88 Å². The average Bonchev–Trinajstić information content (AvgIpc) is 2.94. The molecule has 0 radical (unpaired) electrons. The maximum absolute atomic E-state index is 6.08. The molecule has 2 aromatic carbocycles. The van der Waals surface area contributed by atoms with E-state index in [1.807, 2.05) is 55.6 Å². The Hall–Kier alpha value is -2.04. The highest BCUT2D eigenvalue weighted by Crippen LogP contribution is 2.31. The van der Waals surface area contributed by atoms with Gasteiger partial charge in [0, 0.05) is 21.7 Å². The van der Waals surface area contributed by atoms with Gasteiger partial charge in [0.15, 0.2) is 0 Å². The van der Waals surface area contributed by atoms with Gasteiger partial charge in [0.2, 0.25) is 0 Å². The highest BCUT2D eigenvalue weighted by Gasteiger charge is 2.07. The lowest BCUT2D eigenvalue weighted by atomic mass is 10.2.